The summed E-state index contributed by atoms with van der Waals surface area (Å²) in [5.74, 6) is -0.593. The summed E-state index contributed by atoms with van der Waals surface area (Å²) >= 11 is 5.39. The van der Waals surface area contributed by atoms with Crippen molar-refractivity contribution in [3.63, 3.8) is 0 Å². The number of rotatable bonds is 7. The number of carbonyl (C=O) groups excluding carboxylic acids is 3. The van der Waals surface area contributed by atoms with Crippen molar-refractivity contribution in [3.05, 3.63) is 29.8 Å². The molecule has 2 amide bonds. The Morgan fingerprint density at radius 2 is 2.06 bits per heavy atom. The summed E-state index contributed by atoms with van der Waals surface area (Å²) < 4.78 is 16.3. The van der Waals surface area contributed by atoms with Crippen molar-refractivity contribution in [3.8, 4) is 5.75 Å². The van der Waals surface area contributed by atoms with E-state index in [0.29, 0.717) is 31.0 Å². The number of ether oxygens (including phenoxy) is 3. The third kappa shape index (κ3) is 6.64. The quantitative estimate of drug-likeness (QED) is 0.462. The summed E-state index contributed by atoms with van der Waals surface area (Å²) in [4.78, 5) is 38.9. The topological polar surface area (TPSA) is 106 Å². The van der Waals surface area contributed by atoms with E-state index >= 15 is 0 Å². The van der Waals surface area contributed by atoms with Gasteiger partial charge in [-0.25, -0.2) is 0 Å². The molecule has 0 aliphatic carbocycles. The predicted octanol–water partition coefficient (Wildman–Crippen LogP) is 1.40. The molecule has 10 heteroatoms. The molecular formula is C22H29N3O6S. The van der Waals surface area contributed by atoms with Gasteiger partial charge in [0.1, 0.15) is 18.4 Å². The highest BCUT2D eigenvalue weighted by Crippen LogP contribution is 2.16. The monoisotopic (exact) mass is 463 g/mol. The first-order valence-corrected chi connectivity index (χ1v) is 11.2. The number of nitrogens with one attached hydrogen (secondary N) is 2. The van der Waals surface area contributed by atoms with Gasteiger partial charge in [-0.1, -0.05) is 0 Å². The van der Waals surface area contributed by atoms with E-state index in [4.69, 9.17) is 26.4 Å². The Hall–Kier alpha value is -2.72. The van der Waals surface area contributed by atoms with Gasteiger partial charge in [-0.2, -0.15) is 0 Å². The maximum absolute atomic E-state index is 12.6. The Labute approximate surface area is 192 Å². The van der Waals surface area contributed by atoms with Crippen LogP contribution in [0.25, 0.3) is 0 Å². The van der Waals surface area contributed by atoms with Gasteiger partial charge in [0.05, 0.1) is 18.6 Å². The first-order chi connectivity index (χ1) is 15.3. The third-order valence-corrected chi connectivity index (χ3v) is 5.45. The molecule has 2 aliphatic rings. The minimum Gasteiger partial charge on any atom is -0.491 e. The van der Waals surface area contributed by atoms with Crippen LogP contribution in [0.3, 0.4) is 0 Å². The maximum Gasteiger partial charge on any atom is 0.308 e. The Kier molecular flexibility index (Phi) is 8.40. The van der Waals surface area contributed by atoms with Crippen molar-refractivity contribution in [2.24, 2.45) is 0 Å². The van der Waals surface area contributed by atoms with Gasteiger partial charge in [-0.15, -0.1) is 0 Å². The highest BCUT2D eigenvalue weighted by atomic mass is 32.1. The predicted molar refractivity (Wildman–Crippen MR) is 120 cm³/mol. The summed E-state index contributed by atoms with van der Waals surface area (Å²) in [5.41, 5.74) is 0.400. The van der Waals surface area contributed by atoms with E-state index in [2.05, 4.69) is 10.6 Å². The largest absolute Gasteiger partial charge is 0.491 e. The number of thiocarbonyl (C=S) groups is 1. The summed E-state index contributed by atoms with van der Waals surface area (Å²) in [6, 6.07) is 5.84. The lowest BCUT2D eigenvalue weighted by atomic mass is 10.1. The average Bonchev–Trinajstić information content (AvgIpc) is 3.27. The lowest BCUT2D eigenvalue weighted by molar-refractivity contribution is -0.150. The molecule has 0 radical (unpaired) electrons. The van der Waals surface area contributed by atoms with Crippen molar-refractivity contribution < 1.29 is 28.6 Å². The Balaban J connectivity index is 1.57. The molecule has 2 heterocycles. The molecule has 1 aromatic rings. The fourth-order valence-electron chi connectivity index (χ4n) is 3.54. The van der Waals surface area contributed by atoms with E-state index in [0.717, 1.165) is 12.8 Å². The van der Waals surface area contributed by atoms with Crippen LogP contribution in [0.1, 0.15) is 43.5 Å². The van der Waals surface area contributed by atoms with E-state index in [1.807, 2.05) is 13.8 Å². The van der Waals surface area contributed by atoms with Crippen LogP contribution >= 0.6 is 12.2 Å². The smallest absolute Gasteiger partial charge is 0.308 e. The molecule has 0 bridgehead atoms. The van der Waals surface area contributed by atoms with E-state index in [-0.39, 0.29) is 36.3 Å². The van der Waals surface area contributed by atoms with Crippen molar-refractivity contribution in [2.45, 2.75) is 51.4 Å². The molecule has 2 saturated heterocycles. The van der Waals surface area contributed by atoms with Crippen molar-refractivity contribution in [1.82, 2.24) is 15.5 Å². The molecule has 2 atom stereocenters. The average molecular weight is 464 g/mol. The van der Waals surface area contributed by atoms with E-state index in [1.54, 1.807) is 29.2 Å². The van der Waals surface area contributed by atoms with Crippen LogP contribution in [0, 0.1) is 0 Å². The molecule has 174 valence electrons. The number of benzene rings is 1. The summed E-state index contributed by atoms with van der Waals surface area (Å²) in [6.07, 6.45) is 1.57. The Morgan fingerprint density at radius 3 is 2.72 bits per heavy atom. The standard InChI is InChI=1S/C22H29N3O6S/c1-14(2)31-16-7-5-15(6-8-16)20(27)24-22(32)25-10-9-23-21(28)18(25)12-19(26)30-13-17-4-3-11-29-17/h5-8,14,17-18H,3-4,9-13H2,1-2H3,(H,23,28)(H,24,27,32). The first kappa shape index (κ1) is 23.9. The molecule has 32 heavy (non-hydrogen) atoms. The normalized spacial score (nSPS) is 20.6. The minimum absolute atomic E-state index is 0.0295. The molecule has 2 aliphatic heterocycles. The summed E-state index contributed by atoms with van der Waals surface area (Å²) in [7, 11) is 0. The van der Waals surface area contributed by atoms with Gasteiger partial charge < -0.3 is 24.4 Å². The zero-order valence-electron chi connectivity index (χ0n) is 18.3. The highest BCUT2D eigenvalue weighted by Gasteiger charge is 2.34. The van der Waals surface area contributed by atoms with Crippen LogP contribution in [-0.4, -0.2) is 72.3 Å². The summed E-state index contributed by atoms with van der Waals surface area (Å²) in [6.45, 7) is 5.41. The second-order valence-corrected chi connectivity index (χ2v) is 8.36. The van der Waals surface area contributed by atoms with Crippen molar-refractivity contribution >= 4 is 35.1 Å². The number of amides is 2. The number of carbonyl (C=O) groups is 3. The number of hydrogen-bond donors (Lipinski definition) is 2. The van der Waals surface area contributed by atoms with Gasteiger partial charge in [-0.05, 0) is 63.2 Å². The lowest BCUT2D eigenvalue weighted by Crippen LogP contribution is -2.60. The third-order valence-electron chi connectivity index (χ3n) is 5.11. The van der Waals surface area contributed by atoms with E-state index in [9.17, 15) is 14.4 Å². The number of esters is 1. The molecule has 9 nitrogen and oxygen atoms in total. The van der Waals surface area contributed by atoms with Gasteiger partial charge in [0, 0.05) is 25.3 Å². The summed E-state index contributed by atoms with van der Waals surface area (Å²) in [5, 5.41) is 5.47. The number of piperazine rings is 1. The second kappa shape index (κ2) is 11.2. The number of nitrogens with zero attached hydrogens (tertiary/aromatic N) is 1. The fraction of sp³-hybridized carbons (Fsp3) is 0.545. The van der Waals surface area contributed by atoms with Crippen LogP contribution in [-0.2, 0) is 19.1 Å². The minimum atomic E-state index is -0.852. The molecule has 0 aromatic heterocycles. The van der Waals surface area contributed by atoms with Crippen LogP contribution in [0.5, 0.6) is 5.75 Å². The second-order valence-electron chi connectivity index (χ2n) is 7.97. The molecule has 2 unspecified atom stereocenters. The van der Waals surface area contributed by atoms with Gasteiger partial charge in [0.25, 0.3) is 5.91 Å². The molecule has 1 aromatic carbocycles. The van der Waals surface area contributed by atoms with Crippen LogP contribution in [0.4, 0.5) is 0 Å². The molecule has 2 fully saturated rings. The first-order valence-electron chi connectivity index (χ1n) is 10.8. The Morgan fingerprint density at radius 1 is 1.31 bits per heavy atom. The van der Waals surface area contributed by atoms with Gasteiger partial charge >= 0.3 is 5.97 Å². The SMILES string of the molecule is CC(C)Oc1ccc(C(=O)NC(=S)N2CCNC(=O)C2CC(=O)OCC2CCCO2)cc1. The zero-order valence-corrected chi connectivity index (χ0v) is 19.1. The van der Waals surface area contributed by atoms with Crippen molar-refractivity contribution in [1.29, 1.82) is 0 Å². The van der Waals surface area contributed by atoms with E-state index < -0.39 is 17.9 Å². The molecule has 0 saturated carbocycles. The molecule has 3 rings (SSSR count). The maximum atomic E-state index is 12.6. The zero-order chi connectivity index (χ0) is 23.1. The van der Waals surface area contributed by atoms with E-state index in [1.165, 1.54) is 0 Å². The van der Waals surface area contributed by atoms with Gasteiger partial charge in [0.2, 0.25) is 5.91 Å². The number of hydrogen-bond acceptors (Lipinski definition) is 7. The highest BCUT2D eigenvalue weighted by molar-refractivity contribution is 7.80. The van der Waals surface area contributed by atoms with Gasteiger partial charge in [0.15, 0.2) is 5.11 Å². The van der Waals surface area contributed by atoms with Gasteiger partial charge in [-0.3, -0.25) is 19.7 Å². The molecular weight excluding hydrogens is 434 g/mol. The Bertz CT molecular complexity index is 839. The molecule has 2 N–H and O–H groups in total. The lowest BCUT2D eigenvalue weighted by Gasteiger charge is -2.36. The van der Waals surface area contributed by atoms with Crippen LogP contribution in [0.15, 0.2) is 24.3 Å². The van der Waals surface area contributed by atoms with Crippen LogP contribution < -0.4 is 15.4 Å². The van der Waals surface area contributed by atoms with Crippen LogP contribution in [0.2, 0.25) is 0 Å². The molecule has 0 spiro atoms. The van der Waals surface area contributed by atoms with Crippen molar-refractivity contribution in [2.75, 3.05) is 26.3 Å². The fourth-order valence-corrected chi connectivity index (χ4v) is 3.85.